The molecule has 2 rings (SSSR count). The van der Waals surface area contributed by atoms with Crippen LogP contribution in [-0.4, -0.2) is 13.6 Å². The number of hydrogen-bond donors (Lipinski definition) is 2. The Kier molecular flexibility index (Phi) is 12.7. The fourth-order valence-electron chi connectivity index (χ4n) is 3.39. The summed E-state index contributed by atoms with van der Waals surface area (Å²) in [6, 6.07) is 8.26. The van der Waals surface area contributed by atoms with Crippen LogP contribution < -0.4 is 11.1 Å². The van der Waals surface area contributed by atoms with Crippen molar-refractivity contribution in [2.75, 3.05) is 13.6 Å². The van der Waals surface area contributed by atoms with Gasteiger partial charge in [0.25, 0.3) is 0 Å². The summed E-state index contributed by atoms with van der Waals surface area (Å²) in [6.45, 7) is 14.6. The second kappa shape index (κ2) is 15.0. The summed E-state index contributed by atoms with van der Waals surface area (Å²) in [5.74, 6) is 0.342. The maximum absolute atomic E-state index is 13.2. The molecule has 0 radical (unpaired) electrons. The molecule has 3 heteroatoms. The van der Waals surface area contributed by atoms with E-state index < -0.39 is 0 Å². The van der Waals surface area contributed by atoms with E-state index in [-0.39, 0.29) is 5.83 Å². The highest BCUT2D eigenvalue weighted by molar-refractivity contribution is 5.47. The second-order valence-corrected chi connectivity index (χ2v) is 8.09. The van der Waals surface area contributed by atoms with E-state index in [1.54, 1.807) is 24.4 Å². The van der Waals surface area contributed by atoms with Crippen molar-refractivity contribution in [2.24, 2.45) is 11.7 Å². The average molecular weight is 435 g/mol. The number of nitrogens with one attached hydrogen (secondary N) is 1. The van der Waals surface area contributed by atoms with Crippen LogP contribution in [0, 0.1) is 5.92 Å². The zero-order chi connectivity index (χ0) is 23.9. The van der Waals surface area contributed by atoms with Gasteiger partial charge >= 0.3 is 0 Å². The smallest absolute Gasteiger partial charge is 0.119 e. The molecular weight excluding hydrogens is 395 g/mol. The van der Waals surface area contributed by atoms with Crippen molar-refractivity contribution >= 4 is 6.08 Å². The molecule has 0 spiro atoms. The van der Waals surface area contributed by atoms with Crippen LogP contribution in [-0.2, 0) is 6.42 Å². The molecule has 172 valence electrons. The van der Waals surface area contributed by atoms with Gasteiger partial charge in [0.1, 0.15) is 5.83 Å². The van der Waals surface area contributed by atoms with Gasteiger partial charge < -0.3 is 11.1 Å². The Morgan fingerprint density at radius 2 is 1.91 bits per heavy atom. The molecule has 1 aromatic carbocycles. The molecule has 2 nitrogen and oxygen atoms in total. The van der Waals surface area contributed by atoms with Gasteiger partial charge in [-0.1, -0.05) is 79.8 Å². The van der Waals surface area contributed by atoms with Crippen LogP contribution >= 0.6 is 0 Å². The Labute approximate surface area is 194 Å². The third kappa shape index (κ3) is 9.93. The maximum atomic E-state index is 13.2. The predicted octanol–water partition coefficient (Wildman–Crippen LogP) is 7.21. The molecule has 32 heavy (non-hydrogen) atoms. The summed E-state index contributed by atoms with van der Waals surface area (Å²) >= 11 is 0. The third-order valence-electron chi connectivity index (χ3n) is 5.42. The van der Waals surface area contributed by atoms with Gasteiger partial charge in [0, 0.05) is 0 Å². The van der Waals surface area contributed by atoms with E-state index in [4.69, 9.17) is 5.73 Å². The summed E-state index contributed by atoms with van der Waals surface area (Å²) in [4.78, 5) is 0. The molecule has 0 aromatic heterocycles. The molecule has 1 aromatic rings. The molecule has 0 aliphatic heterocycles. The van der Waals surface area contributed by atoms with Gasteiger partial charge in [0.15, 0.2) is 0 Å². The number of hydrogen-bond acceptors (Lipinski definition) is 2. The number of rotatable bonds is 9. The highest BCUT2D eigenvalue weighted by Gasteiger charge is 2.13. The van der Waals surface area contributed by atoms with Crippen molar-refractivity contribution in [2.45, 2.75) is 40.0 Å². The van der Waals surface area contributed by atoms with Crippen molar-refractivity contribution < 1.29 is 4.39 Å². The van der Waals surface area contributed by atoms with Crippen molar-refractivity contribution in [3.05, 3.63) is 113 Å². The molecule has 0 saturated carbocycles. The first kappa shape index (κ1) is 27.1. The molecule has 0 saturated heterocycles. The number of nitrogens with two attached hydrogens (primary N) is 1. The highest BCUT2D eigenvalue weighted by atomic mass is 19.1. The lowest BCUT2D eigenvalue weighted by molar-refractivity contribution is 0.596. The van der Waals surface area contributed by atoms with Gasteiger partial charge in [-0.15, -0.1) is 0 Å². The topological polar surface area (TPSA) is 38.0 Å². The van der Waals surface area contributed by atoms with E-state index in [9.17, 15) is 4.39 Å². The average Bonchev–Trinajstić information content (AvgIpc) is 2.78. The molecule has 3 N–H and O–H groups in total. The lowest BCUT2D eigenvalue weighted by Crippen LogP contribution is -2.09. The van der Waals surface area contributed by atoms with Gasteiger partial charge in [-0.25, -0.2) is 4.39 Å². The van der Waals surface area contributed by atoms with E-state index in [0.717, 1.165) is 31.4 Å². The van der Waals surface area contributed by atoms with E-state index in [2.05, 4.69) is 57.5 Å². The lowest BCUT2D eigenvalue weighted by Gasteiger charge is -2.18. The normalized spacial score (nSPS) is 17.0. The first-order valence-corrected chi connectivity index (χ1v) is 11.1. The van der Waals surface area contributed by atoms with Crippen LogP contribution in [0.2, 0.25) is 0 Å². The van der Waals surface area contributed by atoms with Gasteiger partial charge in [0.2, 0.25) is 0 Å². The minimum Gasteiger partial charge on any atom is -0.404 e. The first-order valence-electron chi connectivity index (χ1n) is 11.1. The van der Waals surface area contributed by atoms with Crippen LogP contribution in [0.5, 0.6) is 0 Å². The molecule has 1 atom stereocenters. The Bertz CT molecular complexity index is 896. The quantitative estimate of drug-likeness (QED) is 0.403. The lowest BCUT2D eigenvalue weighted by atomic mass is 9.88. The minimum atomic E-state index is -0.0965. The van der Waals surface area contributed by atoms with Crippen LogP contribution in [0.25, 0.3) is 6.08 Å². The number of allylic oxidation sites excluding steroid dienone is 9. The fraction of sp³-hybridized carbons (Fsp3) is 0.310. The Morgan fingerprint density at radius 3 is 2.47 bits per heavy atom. The fourth-order valence-corrected chi connectivity index (χ4v) is 3.39. The highest BCUT2D eigenvalue weighted by Crippen LogP contribution is 2.27. The van der Waals surface area contributed by atoms with Crippen LogP contribution in [0.15, 0.2) is 102 Å². The maximum Gasteiger partial charge on any atom is 0.119 e. The zero-order valence-electron chi connectivity index (χ0n) is 20.1. The number of halogens is 1. The first-order chi connectivity index (χ1) is 15.3. The Hall–Kier alpha value is -2.91. The minimum absolute atomic E-state index is 0.0965. The predicted molar refractivity (Wildman–Crippen MR) is 140 cm³/mol. The van der Waals surface area contributed by atoms with Crippen LogP contribution in [0.4, 0.5) is 4.39 Å². The van der Waals surface area contributed by atoms with Crippen LogP contribution in [0.3, 0.4) is 0 Å². The monoisotopic (exact) mass is 434 g/mol. The summed E-state index contributed by atoms with van der Waals surface area (Å²) in [7, 11) is 1.94. The SMILES string of the molecule is C=C\C=C(C)/C=C(C)/C(=C\N)CCNC.C=Cc1ccc(CC2=CC(F)=CCC2C)cc1. The largest absolute Gasteiger partial charge is 0.404 e. The van der Waals surface area contributed by atoms with E-state index in [1.165, 1.54) is 27.9 Å². The van der Waals surface area contributed by atoms with E-state index >= 15 is 0 Å². The summed E-state index contributed by atoms with van der Waals surface area (Å²) < 4.78 is 13.2. The molecule has 0 heterocycles. The molecule has 1 aliphatic carbocycles. The van der Waals surface area contributed by atoms with Gasteiger partial charge in [-0.3, -0.25) is 0 Å². The molecule has 1 aliphatic rings. The van der Waals surface area contributed by atoms with Gasteiger partial charge in [-0.05, 0) is 93.2 Å². The summed E-state index contributed by atoms with van der Waals surface area (Å²) in [5.41, 5.74) is 12.7. The molecular formula is C29H39FN2. The molecule has 0 fully saturated rings. The van der Waals surface area contributed by atoms with Gasteiger partial charge in [-0.2, -0.15) is 0 Å². The standard InChI is InChI=1S/C16H17F.C13H22N2/c1-3-13-5-7-14(8-6-13)10-15-11-16(17)9-4-12(15)2;1-5-6-11(2)9-12(3)13(10-14)7-8-15-4/h3,5-9,11-12H,1,4,10H2,2H3;5-6,9-10,15H,1,7-8,14H2,2-4H3/b;11-6-,12-9+,13-10-. The molecule has 0 bridgehead atoms. The Morgan fingerprint density at radius 1 is 1.22 bits per heavy atom. The van der Waals surface area contributed by atoms with Crippen molar-refractivity contribution in [1.29, 1.82) is 0 Å². The van der Waals surface area contributed by atoms with E-state index in [0.29, 0.717) is 5.92 Å². The molecule has 1 unspecified atom stereocenters. The number of benzene rings is 1. The second-order valence-electron chi connectivity index (χ2n) is 8.09. The van der Waals surface area contributed by atoms with Crippen molar-refractivity contribution in [1.82, 2.24) is 5.32 Å². The molecule has 0 amide bonds. The van der Waals surface area contributed by atoms with Crippen molar-refractivity contribution in [3.8, 4) is 0 Å². The van der Waals surface area contributed by atoms with Gasteiger partial charge in [0.05, 0.1) is 0 Å². The van der Waals surface area contributed by atoms with Crippen molar-refractivity contribution in [3.63, 3.8) is 0 Å². The Balaban J connectivity index is 0.000000324. The summed E-state index contributed by atoms with van der Waals surface area (Å²) in [5, 5.41) is 3.11. The van der Waals surface area contributed by atoms with Crippen LogP contribution in [0.1, 0.15) is 44.7 Å². The third-order valence-corrected chi connectivity index (χ3v) is 5.42. The zero-order valence-corrected chi connectivity index (χ0v) is 20.1. The van der Waals surface area contributed by atoms with E-state index in [1.807, 2.05) is 31.3 Å². The summed E-state index contributed by atoms with van der Waals surface area (Å²) in [6.07, 6.45) is 15.3.